The van der Waals surface area contributed by atoms with Crippen LogP contribution in [0.2, 0.25) is 0 Å². The van der Waals surface area contributed by atoms with E-state index in [2.05, 4.69) is 30.1 Å². The average molecular weight is 275 g/mol. The highest BCUT2D eigenvalue weighted by molar-refractivity contribution is 5.57. The molecule has 2 aliphatic rings. The van der Waals surface area contributed by atoms with Crippen molar-refractivity contribution in [2.75, 3.05) is 24.6 Å². The van der Waals surface area contributed by atoms with Gasteiger partial charge in [0, 0.05) is 37.5 Å². The van der Waals surface area contributed by atoms with Gasteiger partial charge in [0.2, 0.25) is 0 Å². The molecule has 0 spiro atoms. The standard InChI is InChI=1S/C16H25N3O/c1-4-15-13(10-20-5-2)6-12-7-14-9-17-8-11(3)19(14)16(12)18-15/h6,11,14,17H,4-5,7-10H2,1-3H3/t11-,14-/m1/s1. The number of piperazine rings is 1. The fourth-order valence-electron chi connectivity index (χ4n) is 3.47. The van der Waals surface area contributed by atoms with E-state index in [4.69, 9.17) is 9.72 Å². The number of hydrogen-bond acceptors (Lipinski definition) is 4. The summed E-state index contributed by atoms with van der Waals surface area (Å²) in [6.45, 7) is 10.1. The molecule has 4 nitrogen and oxygen atoms in total. The van der Waals surface area contributed by atoms with Crippen LogP contribution in [0.5, 0.6) is 0 Å². The Morgan fingerprint density at radius 3 is 3.00 bits per heavy atom. The van der Waals surface area contributed by atoms with Gasteiger partial charge in [-0.05, 0) is 43.9 Å². The molecule has 3 heterocycles. The van der Waals surface area contributed by atoms with E-state index in [0.717, 1.165) is 32.5 Å². The molecule has 2 aliphatic heterocycles. The quantitative estimate of drug-likeness (QED) is 0.911. The van der Waals surface area contributed by atoms with Crippen molar-refractivity contribution in [3.05, 3.63) is 22.9 Å². The Labute approximate surface area is 121 Å². The predicted molar refractivity (Wildman–Crippen MR) is 81.2 cm³/mol. The van der Waals surface area contributed by atoms with E-state index in [9.17, 15) is 0 Å². The van der Waals surface area contributed by atoms with Crippen molar-refractivity contribution < 1.29 is 4.74 Å². The second kappa shape index (κ2) is 5.70. The number of aryl methyl sites for hydroxylation is 1. The molecule has 0 unspecified atom stereocenters. The number of fused-ring (bicyclic) bond motifs is 3. The average Bonchev–Trinajstić information content (AvgIpc) is 2.82. The molecule has 0 radical (unpaired) electrons. The first-order valence-electron chi connectivity index (χ1n) is 7.83. The minimum absolute atomic E-state index is 0.532. The molecule has 0 saturated carbocycles. The highest BCUT2D eigenvalue weighted by Crippen LogP contribution is 2.35. The molecule has 110 valence electrons. The molecule has 1 aromatic heterocycles. The molecule has 0 bridgehead atoms. The third-order valence-corrected chi connectivity index (χ3v) is 4.43. The molecule has 1 fully saturated rings. The Morgan fingerprint density at radius 1 is 1.40 bits per heavy atom. The SMILES string of the molecule is CCOCc1cc2c(nc1CC)N1[C@@H](CNC[C@H]1C)C2. The molecule has 0 aliphatic carbocycles. The van der Waals surface area contributed by atoms with Crippen molar-refractivity contribution in [1.82, 2.24) is 10.3 Å². The van der Waals surface area contributed by atoms with Gasteiger partial charge in [0.05, 0.1) is 6.61 Å². The highest BCUT2D eigenvalue weighted by Gasteiger charge is 2.36. The summed E-state index contributed by atoms with van der Waals surface area (Å²) in [5, 5.41) is 3.52. The lowest BCUT2D eigenvalue weighted by molar-refractivity contribution is 0.133. The molecule has 1 saturated heterocycles. The van der Waals surface area contributed by atoms with E-state index in [1.807, 2.05) is 6.92 Å². The van der Waals surface area contributed by atoms with E-state index >= 15 is 0 Å². The van der Waals surface area contributed by atoms with E-state index in [1.54, 1.807) is 0 Å². The van der Waals surface area contributed by atoms with Crippen molar-refractivity contribution in [2.24, 2.45) is 0 Å². The summed E-state index contributed by atoms with van der Waals surface area (Å²) < 4.78 is 5.60. The lowest BCUT2D eigenvalue weighted by Crippen LogP contribution is -2.55. The molecule has 20 heavy (non-hydrogen) atoms. The predicted octanol–water partition coefficient (Wildman–Crippen LogP) is 1.90. The number of hydrogen-bond donors (Lipinski definition) is 1. The molecular weight excluding hydrogens is 250 g/mol. The maximum Gasteiger partial charge on any atom is 0.132 e. The van der Waals surface area contributed by atoms with E-state index in [0.29, 0.717) is 18.7 Å². The Kier molecular flexibility index (Phi) is 3.94. The first-order valence-corrected chi connectivity index (χ1v) is 7.83. The van der Waals surface area contributed by atoms with Crippen LogP contribution in [-0.4, -0.2) is 36.8 Å². The van der Waals surface area contributed by atoms with Gasteiger partial charge in [0.25, 0.3) is 0 Å². The van der Waals surface area contributed by atoms with Crippen LogP contribution in [0.1, 0.15) is 37.6 Å². The molecule has 3 rings (SSSR count). The fraction of sp³-hybridized carbons (Fsp3) is 0.688. The summed E-state index contributed by atoms with van der Waals surface area (Å²) in [5.74, 6) is 1.22. The van der Waals surface area contributed by atoms with Gasteiger partial charge in [-0.15, -0.1) is 0 Å². The van der Waals surface area contributed by atoms with Gasteiger partial charge in [-0.1, -0.05) is 6.92 Å². The van der Waals surface area contributed by atoms with Gasteiger partial charge in [-0.2, -0.15) is 0 Å². The summed E-state index contributed by atoms with van der Waals surface area (Å²) in [6.07, 6.45) is 2.09. The summed E-state index contributed by atoms with van der Waals surface area (Å²) >= 11 is 0. The van der Waals surface area contributed by atoms with Crippen LogP contribution in [0.15, 0.2) is 6.07 Å². The van der Waals surface area contributed by atoms with Crippen LogP contribution >= 0.6 is 0 Å². The van der Waals surface area contributed by atoms with E-state index < -0.39 is 0 Å². The maximum absolute atomic E-state index is 5.60. The van der Waals surface area contributed by atoms with Crippen LogP contribution in [-0.2, 0) is 24.2 Å². The third-order valence-electron chi connectivity index (χ3n) is 4.43. The number of nitrogens with zero attached hydrogens (tertiary/aromatic N) is 2. The van der Waals surface area contributed by atoms with E-state index in [-0.39, 0.29) is 0 Å². The lowest BCUT2D eigenvalue weighted by Gasteiger charge is -2.37. The van der Waals surface area contributed by atoms with Crippen molar-refractivity contribution >= 4 is 5.82 Å². The van der Waals surface area contributed by atoms with Gasteiger partial charge in [0.1, 0.15) is 5.82 Å². The third kappa shape index (κ3) is 2.31. The molecule has 0 amide bonds. The zero-order chi connectivity index (χ0) is 14.1. The Balaban J connectivity index is 1.94. The molecule has 1 aromatic rings. The van der Waals surface area contributed by atoms with Crippen molar-refractivity contribution in [1.29, 1.82) is 0 Å². The normalized spacial score (nSPS) is 24.6. The molecule has 0 aromatic carbocycles. The fourth-order valence-corrected chi connectivity index (χ4v) is 3.47. The lowest BCUT2D eigenvalue weighted by atomic mass is 10.1. The van der Waals surface area contributed by atoms with Crippen LogP contribution < -0.4 is 10.2 Å². The Hall–Kier alpha value is -1.13. The molecule has 2 atom stereocenters. The summed E-state index contributed by atoms with van der Waals surface area (Å²) in [5.41, 5.74) is 3.87. The second-order valence-electron chi connectivity index (χ2n) is 5.84. The number of aromatic nitrogens is 1. The zero-order valence-corrected chi connectivity index (χ0v) is 12.8. The number of ether oxygens (including phenoxy) is 1. The van der Waals surface area contributed by atoms with Crippen LogP contribution in [0.4, 0.5) is 5.82 Å². The largest absolute Gasteiger partial charge is 0.377 e. The Morgan fingerprint density at radius 2 is 2.25 bits per heavy atom. The molecule has 4 heteroatoms. The second-order valence-corrected chi connectivity index (χ2v) is 5.84. The van der Waals surface area contributed by atoms with Gasteiger partial charge < -0.3 is 15.0 Å². The maximum atomic E-state index is 5.60. The topological polar surface area (TPSA) is 37.4 Å². The number of anilines is 1. The van der Waals surface area contributed by atoms with Crippen molar-refractivity contribution in [3.63, 3.8) is 0 Å². The Bertz CT molecular complexity index is 489. The smallest absolute Gasteiger partial charge is 0.132 e. The summed E-state index contributed by atoms with van der Waals surface area (Å²) in [6, 6.07) is 3.44. The summed E-state index contributed by atoms with van der Waals surface area (Å²) in [7, 11) is 0. The van der Waals surface area contributed by atoms with Crippen molar-refractivity contribution in [2.45, 2.75) is 52.3 Å². The number of nitrogens with one attached hydrogen (secondary N) is 1. The van der Waals surface area contributed by atoms with Crippen LogP contribution in [0, 0.1) is 0 Å². The minimum atomic E-state index is 0.532. The zero-order valence-electron chi connectivity index (χ0n) is 12.8. The van der Waals surface area contributed by atoms with Gasteiger partial charge in [-0.3, -0.25) is 0 Å². The summed E-state index contributed by atoms with van der Waals surface area (Å²) in [4.78, 5) is 7.50. The van der Waals surface area contributed by atoms with E-state index in [1.165, 1.54) is 22.6 Å². The number of rotatable bonds is 4. The monoisotopic (exact) mass is 275 g/mol. The van der Waals surface area contributed by atoms with Gasteiger partial charge in [0.15, 0.2) is 0 Å². The van der Waals surface area contributed by atoms with Crippen LogP contribution in [0.25, 0.3) is 0 Å². The number of pyridine rings is 1. The molecule has 1 N–H and O–H groups in total. The van der Waals surface area contributed by atoms with Gasteiger partial charge >= 0.3 is 0 Å². The van der Waals surface area contributed by atoms with Gasteiger partial charge in [-0.25, -0.2) is 4.98 Å². The van der Waals surface area contributed by atoms with Crippen LogP contribution in [0.3, 0.4) is 0 Å². The van der Waals surface area contributed by atoms with Crippen molar-refractivity contribution in [3.8, 4) is 0 Å². The highest BCUT2D eigenvalue weighted by atomic mass is 16.5. The first-order chi connectivity index (χ1) is 9.74. The first kappa shape index (κ1) is 13.8. The molecular formula is C16H25N3O. The minimum Gasteiger partial charge on any atom is -0.377 e.